The molecule has 9 heteroatoms. The first-order valence-electron chi connectivity index (χ1n) is 7.55. The van der Waals surface area contributed by atoms with Crippen molar-refractivity contribution >= 4 is 52.2 Å². The van der Waals surface area contributed by atoms with Crippen molar-refractivity contribution < 1.29 is 28.6 Å². The predicted molar refractivity (Wildman–Crippen MR) is 103 cm³/mol. The fourth-order valence-electron chi connectivity index (χ4n) is 2.48. The number of phenols is 1. The number of urea groups is 1. The molecule has 0 aliphatic carbocycles. The monoisotopic (exact) mass is 482 g/mol. The number of carbonyl (C=O) groups excluding carboxylic acids is 3. The lowest BCUT2D eigenvalue weighted by molar-refractivity contribution is -0.122. The van der Waals surface area contributed by atoms with Crippen molar-refractivity contribution in [3.8, 4) is 11.5 Å². The van der Waals surface area contributed by atoms with E-state index in [9.17, 15) is 23.9 Å². The summed E-state index contributed by atoms with van der Waals surface area (Å²) in [5.74, 6) is -2.13. The van der Waals surface area contributed by atoms with Crippen LogP contribution in [0.15, 0.2) is 42.0 Å². The highest BCUT2D eigenvalue weighted by atomic mass is 127. The van der Waals surface area contributed by atoms with Crippen LogP contribution >= 0.6 is 22.6 Å². The highest BCUT2D eigenvalue weighted by molar-refractivity contribution is 14.1. The van der Waals surface area contributed by atoms with Gasteiger partial charge in [0.2, 0.25) is 0 Å². The molecule has 2 aromatic rings. The third kappa shape index (κ3) is 3.63. The van der Waals surface area contributed by atoms with Gasteiger partial charge >= 0.3 is 6.03 Å². The van der Waals surface area contributed by atoms with Gasteiger partial charge in [-0.1, -0.05) is 0 Å². The molecule has 2 N–H and O–H groups in total. The van der Waals surface area contributed by atoms with E-state index in [1.807, 2.05) is 22.6 Å². The number of nitrogens with zero attached hydrogens (tertiary/aromatic N) is 1. The Bertz CT molecular complexity index is 988. The van der Waals surface area contributed by atoms with Crippen molar-refractivity contribution in [3.63, 3.8) is 0 Å². The maximum Gasteiger partial charge on any atom is 0.335 e. The van der Waals surface area contributed by atoms with Gasteiger partial charge in [-0.15, -0.1) is 0 Å². The molecule has 0 unspecified atom stereocenters. The number of hydrogen-bond donors (Lipinski definition) is 2. The lowest BCUT2D eigenvalue weighted by Crippen LogP contribution is -2.54. The number of methoxy groups -OCH3 is 1. The van der Waals surface area contributed by atoms with Gasteiger partial charge in [-0.05, 0) is 70.6 Å². The minimum atomic E-state index is -0.924. The molecule has 4 amide bonds. The summed E-state index contributed by atoms with van der Waals surface area (Å²) >= 11 is 1.88. The van der Waals surface area contributed by atoms with Gasteiger partial charge in [0.15, 0.2) is 11.5 Å². The van der Waals surface area contributed by atoms with Gasteiger partial charge in [0.1, 0.15) is 11.4 Å². The molecule has 7 nitrogen and oxygen atoms in total. The molecule has 0 aromatic heterocycles. The summed E-state index contributed by atoms with van der Waals surface area (Å²) in [4.78, 5) is 37.7. The lowest BCUT2D eigenvalue weighted by atomic mass is 10.1. The van der Waals surface area contributed by atoms with Crippen molar-refractivity contribution in [1.82, 2.24) is 5.32 Å². The van der Waals surface area contributed by atoms with Gasteiger partial charge in [0.25, 0.3) is 11.8 Å². The molecule has 1 aliphatic heterocycles. The zero-order valence-corrected chi connectivity index (χ0v) is 16.0. The zero-order chi connectivity index (χ0) is 19.7. The Kier molecular flexibility index (Phi) is 5.13. The van der Waals surface area contributed by atoms with Crippen LogP contribution in [0, 0.1) is 9.39 Å². The molecular formula is C18H12FIN2O5. The molecule has 3 rings (SSSR count). The second kappa shape index (κ2) is 7.35. The van der Waals surface area contributed by atoms with E-state index < -0.39 is 23.7 Å². The van der Waals surface area contributed by atoms with E-state index >= 15 is 0 Å². The van der Waals surface area contributed by atoms with Crippen molar-refractivity contribution in [3.05, 3.63) is 56.9 Å². The summed E-state index contributed by atoms with van der Waals surface area (Å²) in [7, 11) is 1.37. The van der Waals surface area contributed by atoms with Crippen LogP contribution < -0.4 is 15.0 Å². The Balaban J connectivity index is 2.04. The average molecular weight is 482 g/mol. The van der Waals surface area contributed by atoms with Crippen LogP contribution in [-0.2, 0) is 9.59 Å². The molecule has 1 heterocycles. The van der Waals surface area contributed by atoms with Gasteiger partial charge < -0.3 is 9.84 Å². The number of imide groups is 2. The van der Waals surface area contributed by atoms with Crippen molar-refractivity contribution in [2.45, 2.75) is 0 Å². The summed E-state index contributed by atoms with van der Waals surface area (Å²) in [5.41, 5.74) is 0.249. The Morgan fingerprint density at radius 3 is 2.48 bits per heavy atom. The van der Waals surface area contributed by atoms with Crippen LogP contribution in [0.3, 0.4) is 0 Å². The van der Waals surface area contributed by atoms with Crippen molar-refractivity contribution in [2.24, 2.45) is 0 Å². The number of amides is 4. The maximum atomic E-state index is 13.1. The molecule has 27 heavy (non-hydrogen) atoms. The van der Waals surface area contributed by atoms with E-state index in [-0.39, 0.29) is 22.8 Å². The van der Waals surface area contributed by atoms with Crippen LogP contribution in [0.5, 0.6) is 11.5 Å². The van der Waals surface area contributed by atoms with E-state index in [1.54, 1.807) is 6.07 Å². The summed E-state index contributed by atoms with van der Waals surface area (Å²) < 4.78 is 18.6. The minimum absolute atomic E-state index is 0.0669. The van der Waals surface area contributed by atoms with E-state index in [0.717, 1.165) is 17.0 Å². The number of barbiturate groups is 1. The van der Waals surface area contributed by atoms with Crippen LogP contribution in [0.25, 0.3) is 6.08 Å². The second-order valence-corrected chi connectivity index (χ2v) is 6.65. The summed E-state index contributed by atoms with van der Waals surface area (Å²) in [6.45, 7) is 0. The van der Waals surface area contributed by atoms with Crippen LogP contribution in [0.4, 0.5) is 14.9 Å². The minimum Gasteiger partial charge on any atom is -0.504 e. The Morgan fingerprint density at radius 2 is 1.85 bits per heavy atom. The highest BCUT2D eigenvalue weighted by Gasteiger charge is 2.36. The number of rotatable bonds is 3. The Labute approximate surface area is 166 Å². The first kappa shape index (κ1) is 18.8. The van der Waals surface area contributed by atoms with E-state index in [0.29, 0.717) is 9.13 Å². The summed E-state index contributed by atoms with van der Waals surface area (Å²) in [6, 6.07) is 6.78. The smallest absolute Gasteiger partial charge is 0.335 e. The van der Waals surface area contributed by atoms with E-state index in [1.165, 1.54) is 31.4 Å². The van der Waals surface area contributed by atoms with Gasteiger partial charge in [-0.3, -0.25) is 14.9 Å². The maximum absolute atomic E-state index is 13.1. The molecule has 138 valence electrons. The fraction of sp³-hybridized carbons (Fsp3) is 0.0556. The predicted octanol–water partition coefficient (Wildman–Crippen LogP) is 2.81. The molecular weight excluding hydrogens is 470 g/mol. The van der Waals surface area contributed by atoms with Gasteiger partial charge in [0.05, 0.1) is 16.4 Å². The van der Waals surface area contributed by atoms with Crippen LogP contribution in [0.2, 0.25) is 0 Å². The number of aromatic hydroxyl groups is 1. The first-order chi connectivity index (χ1) is 12.8. The highest BCUT2D eigenvalue weighted by Crippen LogP contribution is 2.33. The number of phenolic OH excluding ortho intramolecular Hbond substituents is 1. The standard InChI is InChI=1S/C18H12FIN2O5/c1-27-14-8-9(7-13(20)15(14)23)6-12-16(24)21-18(26)22(17(12)25)11-4-2-10(19)3-5-11/h2-8,23H,1H3,(H,21,24,26). The molecule has 0 spiro atoms. The van der Waals surface area contributed by atoms with Gasteiger partial charge in [-0.25, -0.2) is 14.1 Å². The third-order valence-electron chi connectivity index (χ3n) is 3.77. The summed E-state index contributed by atoms with van der Waals surface area (Å²) in [5, 5.41) is 12.0. The van der Waals surface area contributed by atoms with Crippen molar-refractivity contribution in [1.29, 1.82) is 0 Å². The quantitative estimate of drug-likeness (QED) is 0.399. The average Bonchev–Trinajstić information content (AvgIpc) is 2.62. The molecule has 0 bridgehead atoms. The van der Waals surface area contributed by atoms with Gasteiger partial charge in [-0.2, -0.15) is 0 Å². The van der Waals surface area contributed by atoms with E-state index in [2.05, 4.69) is 5.32 Å². The number of benzene rings is 2. The Hall–Kier alpha value is -2.95. The van der Waals surface area contributed by atoms with Gasteiger partial charge in [0, 0.05) is 0 Å². The SMILES string of the molecule is COc1cc(C=C2C(=O)NC(=O)N(c3ccc(F)cc3)C2=O)cc(I)c1O. The molecule has 1 aliphatic rings. The summed E-state index contributed by atoms with van der Waals surface area (Å²) in [6.07, 6.45) is 1.28. The number of anilines is 1. The number of carbonyl (C=O) groups is 3. The normalized spacial score (nSPS) is 15.9. The molecule has 1 fully saturated rings. The fourth-order valence-corrected chi connectivity index (χ4v) is 3.11. The molecule has 0 atom stereocenters. The number of halogens is 2. The topological polar surface area (TPSA) is 95.9 Å². The Morgan fingerprint density at radius 1 is 1.19 bits per heavy atom. The second-order valence-electron chi connectivity index (χ2n) is 5.49. The molecule has 0 saturated carbocycles. The first-order valence-corrected chi connectivity index (χ1v) is 8.63. The van der Waals surface area contributed by atoms with Crippen LogP contribution in [0.1, 0.15) is 5.56 Å². The number of nitrogens with one attached hydrogen (secondary N) is 1. The number of hydrogen-bond acceptors (Lipinski definition) is 5. The number of ether oxygens (including phenoxy) is 1. The van der Waals surface area contributed by atoms with E-state index in [4.69, 9.17) is 4.74 Å². The lowest BCUT2D eigenvalue weighted by Gasteiger charge is -2.26. The zero-order valence-electron chi connectivity index (χ0n) is 13.8. The van der Waals surface area contributed by atoms with Crippen molar-refractivity contribution in [2.75, 3.05) is 12.0 Å². The van der Waals surface area contributed by atoms with Crippen LogP contribution in [-0.4, -0.2) is 30.1 Å². The largest absolute Gasteiger partial charge is 0.504 e. The third-order valence-corrected chi connectivity index (χ3v) is 4.59. The molecule has 1 saturated heterocycles. The molecule has 0 radical (unpaired) electrons. The molecule has 2 aromatic carbocycles.